The van der Waals surface area contributed by atoms with Crippen molar-refractivity contribution >= 4 is 27.5 Å². The number of anilines is 1. The van der Waals surface area contributed by atoms with Crippen LogP contribution in [0, 0.1) is 18.3 Å². The van der Waals surface area contributed by atoms with Crippen molar-refractivity contribution < 1.29 is 14.3 Å². The van der Waals surface area contributed by atoms with E-state index < -0.39 is 11.3 Å². The van der Waals surface area contributed by atoms with Crippen molar-refractivity contribution in [3.8, 4) is 29.0 Å². The van der Waals surface area contributed by atoms with E-state index in [1.807, 2.05) is 31.2 Å². The van der Waals surface area contributed by atoms with Crippen molar-refractivity contribution in [3.63, 3.8) is 0 Å². The summed E-state index contributed by atoms with van der Waals surface area (Å²) in [6, 6.07) is 13.1. The molecule has 2 aromatic carbocycles. The summed E-state index contributed by atoms with van der Waals surface area (Å²) < 4.78 is 11.6. The maximum absolute atomic E-state index is 13.6. The van der Waals surface area contributed by atoms with Crippen LogP contribution in [0.2, 0.25) is 0 Å². The SMILES string of the molecule is COc1ccc(-c2[nH]nc3c2[C@]2(C(=O)Nc4ccc(C)c(Br)c42)C(C#N)=C(N)O3)cc1. The Morgan fingerprint density at radius 2 is 1.97 bits per heavy atom. The maximum atomic E-state index is 13.6. The normalized spacial score (nSPS) is 18.8. The van der Waals surface area contributed by atoms with E-state index in [1.165, 1.54) is 0 Å². The van der Waals surface area contributed by atoms with E-state index in [0.29, 0.717) is 32.7 Å². The lowest BCUT2D eigenvalue weighted by atomic mass is 9.68. The highest BCUT2D eigenvalue weighted by molar-refractivity contribution is 9.10. The van der Waals surface area contributed by atoms with Gasteiger partial charge in [-0.25, -0.2) is 0 Å². The molecule has 9 heteroatoms. The minimum absolute atomic E-state index is 0.0127. The van der Waals surface area contributed by atoms with Crippen molar-refractivity contribution in [3.05, 3.63) is 69.0 Å². The fourth-order valence-electron chi connectivity index (χ4n) is 4.28. The Hall–Kier alpha value is -3.77. The molecule has 0 saturated carbocycles. The van der Waals surface area contributed by atoms with Gasteiger partial charge in [-0.2, -0.15) is 5.26 Å². The third-order valence-electron chi connectivity index (χ3n) is 5.73. The van der Waals surface area contributed by atoms with Gasteiger partial charge in [0.25, 0.3) is 0 Å². The van der Waals surface area contributed by atoms with Gasteiger partial charge in [-0.3, -0.25) is 9.89 Å². The van der Waals surface area contributed by atoms with Crippen LogP contribution in [0.15, 0.2) is 52.3 Å². The second-order valence-corrected chi connectivity index (χ2v) is 8.08. The Morgan fingerprint density at radius 3 is 2.65 bits per heavy atom. The monoisotopic (exact) mass is 477 g/mol. The molecular weight excluding hydrogens is 462 g/mol. The predicted molar refractivity (Wildman–Crippen MR) is 116 cm³/mol. The summed E-state index contributed by atoms with van der Waals surface area (Å²) in [6.45, 7) is 1.92. The zero-order valence-electron chi connectivity index (χ0n) is 16.5. The molecular formula is C22H16BrN5O3. The second kappa shape index (κ2) is 6.62. The Balaban J connectivity index is 1.89. The summed E-state index contributed by atoms with van der Waals surface area (Å²) in [5.41, 5.74) is 8.47. The number of fused-ring (bicyclic) bond motifs is 4. The van der Waals surface area contributed by atoms with Crippen LogP contribution in [0.5, 0.6) is 11.6 Å². The number of carbonyl (C=O) groups excluding carboxylic acids is 1. The van der Waals surface area contributed by atoms with Crippen molar-refractivity contribution in [2.45, 2.75) is 12.3 Å². The van der Waals surface area contributed by atoms with Crippen molar-refractivity contribution in [1.29, 1.82) is 5.26 Å². The zero-order valence-corrected chi connectivity index (χ0v) is 18.1. The number of nitriles is 1. The van der Waals surface area contributed by atoms with E-state index in [-0.39, 0.29) is 17.3 Å². The molecule has 1 spiro atoms. The Labute approximate surface area is 185 Å². The van der Waals surface area contributed by atoms with Crippen LogP contribution >= 0.6 is 15.9 Å². The number of nitrogens with one attached hydrogen (secondary N) is 2. The molecule has 0 bridgehead atoms. The van der Waals surface area contributed by atoms with Crippen LogP contribution in [0.3, 0.4) is 0 Å². The first-order valence-electron chi connectivity index (χ1n) is 9.36. The van der Waals surface area contributed by atoms with Gasteiger partial charge in [0.2, 0.25) is 17.7 Å². The maximum Gasteiger partial charge on any atom is 0.245 e. The summed E-state index contributed by atoms with van der Waals surface area (Å²) >= 11 is 3.63. The summed E-state index contributed by atoms with van der Waals surface area (Å²) in [6.07, 6.45) is 0. The van der Waals surface area contributed by atoms with Gasteiger partial charge in [0.05, 0.1) is 18.4 Å². The van der Waals surface area contributed by atoms with E-state index in [9.17, 15) is 10.1 Å². The number of H-pyrrole nitrogens is 1. The summed E-state index contributed by atoms with van der Waals surface area (Å²) in [5, 5.41) is 20.2. The molecule has 154 valence electrons. The molecule has 0 unspecified atom stereocenters. The number of halogens is 1. The number of benzene rings is 2. The van der Waals surface area contributed by atoms with Gasteiger partial charge in [0.15, 0.2) is 0 Å². The predicted octanol–water partition coefficient (Wildman–Crippen LogP) is 3.48. The molecule has 1 atom stereocenters. The smallest absolute Gasteiger partial charge is 0.245 e. The molecule has 1 amide bonds. The van der Waals surface area contributed by atoms with E-state index in [2.05, 4.69) is 37.5 Å². The second-order valence-electron chi connectivity index (χ2n) is 7.28. The quantitative estimate of drug-likeness (QED) is 0.518. The Morgan fingerprint density at radius 1 is 1.23 bits per heavy atom. The highest BCUT2D eigenvalue weighted by atomic mass is 79.9. The van der Waals surface area contributed by atoms with E-state index in [4.69, 9.17) is 15.2 Å². The molecule has 2 aliphatic heterocycles. The molecule has 31 heavy (non-hydrogen) atoms. The summed E-state index contributed by atoms with van der Waals surface area (Å²) in [5.74, 6) is 0.291. The molecule has 3 heterocycles. The fraction of sp³-hybridized carbons (Fsp3) is 0.136. The van der Waals surface area contributed by atoms with Crippen molar-refractivity contribution in [2.24, 2.45) is 5.73 Å². The molecule has 1 aromatic heterocycles. The van der Waals surface area contributed by atoms with Crippen LogP contribution in [0.4, 0.5) is 5.69 Å². The Bertz CT molecular complexity index is 1340. The minimum Gasteiger partial charge on any atom is -0.497 e. The number of hydrogen-bond donors (Lipinski definition) is 3. The zero-order chi connectivity index (χ0) is 21.9. The molecule has 0 fully saturated rings. The first-order chi connectivity index (χ1) is 14.9. The third-order valence-corrected chi connectivity index (χ3v) is 6.75. The van der Waals surface area contributed by atoms with Gasteiger partial charge in [-0.1, -0.05) is 22.0 Å². The number of methoxy groups -OCH3 is 1. The van der Waals surface area contributed by atoms with E-state index >= 15 is 0 Å². The molecule has 3 aromatic rings. The minimum atomic E-state index is -1.52. The third kappa shape index (κ3) is 2.39. The number of ether oxygens (including phenoxy) is 2. The topological polar surface area (TPSA) is 126 Å². The van der Waals surface area contributed by atoms with Crippen LogP contribution in [-0.4, -0.2) is 23.2 Å². The van der Waals surface area contributed by atoms with Gasteiger partial charge in [0.1, 0.15) is 22.8 Å². The van der Waals surface area contributed by atoms with Crippen LogP contribution in [0.25, 0.3) is 11.3 Å². The van der Waals surface area contributed by atoms with Gasteiger partial charge in [-0.05, 0) is 42.8 Å². The molecule has 2 aliphatic rings. The Kier molecular flexibility index (Phi) is 4.10. The largest absolute Gasteiger partial charge is 0.497 e. The first-order valence-corrected chi connectivity index (χ1v) is 10.1. The van der Waals surface area contributed by atoms with Crippen LogP contribution in [0.1, 0.15) is 16.7 Å². The van der Waals surface area contributed by atoms with Crippen LogP contribution < -0.4 is 20.5 Å². The van der Waals surface area contributed by atoms with Crippen molar-refractivity contribution in [1.82, 2.24) is 10.2 Å². The molecule has 0 radical (unpaired) electrons. The number of rotatable bonds is 2. The number of aryl methyl sites for hydroxylation is 1. The number of nitrogens with zero attached hydrogens (tertiary/aromatic N) is 2. The number of amides is 1. The molecule has 5 rings (SSSR count). The molecule has 8 nitrogen and oxygen atoms in total. The number of aromatic nitrogens is 2. The first kappa shape index (κ1) is 19.2. The fourth-order valence-corrected chi connectivity index (χ4v) is 4.92. The molecule has 0 aliphatic carbocycles. The number of nitrogens with two attached hydrogens (primary N) is 1. The number of carbonyl (C=O) groups is 1. The van der Waals surface area contributed by atoms with Gasteiger partial charge in [0, 0.05) is 21.3 Å². The van der Waals surface area contributed by atoms with Gasteiger partial charge >= 0.3 is 0 Å². The highest BCUT2D eigenvalue weighted by Gasteiger charge is 2.59. The van der Waals surface area contributed by atoms with Crippen LogP contribution in [-0.2, 0) is 10.2 Å². The van der Waals surface area contributed by atoms with Gasteiger partial charge in [-0.15, -0.1) is 5.10 Å². The number of hydrogen-bond acceptors (Lipinski definition) is 6. The highest BCUT2D eigenvalue weighted by Crippen LogP contribution is 2.57. The number of aromatic amines is 1. The summed E-state index contributed by atoms with van der Waals surface area (Å²) in [7, 11) is 1.59. The lowest BCUT2D eigenvalue weighted by molar-refractivity contribution is -0.118. The average molecular weight is 478 g/mol. The average Bonchev–Trinajstić information content (AvgIpc) is 3.31. The standard InChI is InChI=1S/C22H16BrN5O3/c1-10-3-8-14-15(17(10)23)22(21(29)26-14)13(9-24)19(25)31-20-16(22)18(27-28-20)11-4-6-12(30-2)7-5-11/h3-8H,25H2,1-2H3,(H,26,29)(H,27,28)/t22-/m0/s1. The van der Waals surface area contributed by atoms with Gasteiger partial charge < -0.3 is 20.5 Å². The van der Waals surface area contributed by atoms with E-state index in [0.717, 1.165) is 11.1 Å². The van der Waals surface area contributed by atoms with E-state index in [1.54, 1.807) is 19.2 Å². The molecule has 0 saturated heterocycles. The van der Waals surface area contributed by atoms with Crippen molar-refractivity contribution in [2.75, 3.05) is 12.4 Å². The molecule has 4 N–H and O–H groups in total. The lowest BCUT2D eigenvalue weighted by Gasteiger charge is -2.32. The summed E-state index contributed by atoms with van der Waals surface area (Å²) in [4.78, 5) is 13.6. The lowest BCUT2D eigenvalue weighted by Crippen LogP contribution is -2.42.